The highest BCUT2D eigenvalue weighted by Crippen LogP contribution is 2.10. The first-order chi connectivity index (χ1) is 9.47. The van der Waals surface area contributed by atoms with E-state index in [1.165, 1.54) is 24.3 Å². The number of morpholine rings is 1. The highest BCUT2D eigenvalue weighted by molar-refractivity contribution is 7.90. The average molecular weight is 298 g/mol. The minimum absolute atomic E-state index is 0.0250. The van der Waals surface area contributed by atoms with Crippen LogP contribution in [0.25, 0.3) is 0 Å². The molecule has 0 aromatic heterocycles. The lowest BCUT2D eigenvalue weighted by molar-refractivity contribution is 0.0287. The first-order valence-corrected chi connectivity index (χ1v) is 8.26. The standard InChI is InChI=1S/C13H18N2O4S/c1-20(17,18)12-4-2-10(3-5-12)13(16)15-9-11-8-14-6-7-19-11/h2-5,11,14H,6-9H2,1H3,(H,15,16). The van der Waals surface area contributed by atoms with Crippen molar-refractivity contribution in [3.05, 3.63) is 29.8 Å². The molecule has 1 unspecified atom stereocenters. The van der Waals surface area contributed by atoms with E-state index in [0.29, 0.717) is 25.3 Å². The Morgan fingerprint density at radius 3 is 2.65 bits per heavy atom. The minimum Gasteiger partial charge on any atom is -0.374 e. The first kappa shape index (κ1) is 15.0. The maximum Gasteiger partial charge on any atom is 0.251 e. The van der Waals surface area contributed by atoms with Crippen LogP contribution in [0.1, 0.15) is 10.4 Å². The van der Waals surface area contributed by atoms with Crippen LogP contribution in [-0.2, 0) is 14.6 Å². The largest absolute Gasteiger partial charge is 0.374 e. The third-order valence-corrected chi connectivity index (χ3v) is 4.17. The molecule has 1 saturated heterocycles. The van der Waals surface area contributed by atoms with E-state index in [1.54, 1.807) is 0 Å². The van der Waals surface area contributed by atoms with Gasteiger partial charge in [0.15, 0.2) is 9.84 Å². The van der Waals surface area contributed by atoms with E-state index in [0.717, 1.165) is 12.8 Å². The molecule has 20 heavy (non-hydrogen) atoms. The second-order valence-electron chi connectivity index (χ2n) is 4.70. The van der Waals surface area contributed by atoms with E-state index in [1.807, 2.05) is 0 Å². The number of benzene rings is 1. The number of hydrogen-bond donors (Lipinski definition) is 2. The molecule has 1 aromatic carbocycles. The van der Waals surface area contributed by atoms with Crippen LogP contribution >= 0.6 is 0 Å². The summed E-state index contributed by atoms with van der Waals surface area (Å²) in [5, 5.41) is 5.95. The predicted molar refractivity (Wildman–Crippen MR) is 74.5 cm³/mol. The van der Waals surface area contributed by atoms with Crippen molar-refractivity contribution in [1.29, 1.82) is 0 Å². The Balaban J connectivity index is 1.92. The summed E-state index contributed by atoms with van der Waals surface area (Å²) in [6, 6.07) is 5.88. The number of carbonyl (C=O) groups excluding carboxylic acids is 1. The maximum absolute atomic E-state index is 11.9. The van der Waals surface area contributed by atoms with Gasteiger partial charge in [-0.15, -0.1) is 0 Å². The number of rotatable bonds is 4. The van der Waals surface area contributed by atoms with Gasteiger partial charge in [0, 0.05) is 31.5 Å². The van der Waals surface area contributed by atoms with Gasteiger partial charge >= 0.3 is 0 Å². The summed E-state index contributed by atoms with van der Waals surface area (Å²) in [7, 11) is -3.23. The van der Waals surface area contributed by atoms with E-state index in [4.69, 9.17) is 4.74 Å². The lowest BCUT2D eigenvalue weighted by Gasteiger charge is -2.23. The Morgan fingerprint density at radius 2 is 2.10 bits per heavy atom. The van der Waals surface area contributed by atoms with Crippen molar-refractivity contribution in [2.24, 2.45) is 0 Å². The molecule has 6 nitrogen and oxygen atoms in total. The number of amides is 1. The van der Waals surface area contributed by atoms with Crippen LogP contribution in [0, 0.1) is 0 Å². The van der Waals surface area contributed by atoms with Gasteiger partial charge in [0.2, 0.25) is 0 Å². The van der Waals surface area contributed by atoms with Crippen molar-refractivity contribution in [3.8, 4) is 0 Å². The van der Waals surface area contributed by atoms with E-state index < -0.39 is 9.84 Å². The number of carbonyl (C=O) groups is 1. The summed E-state index contributed by atoms with van der Waals surface area (Å²) in [6.07, 6.45) is 1.11. The summed E-state index contributed by atoms with van der Waals surface area (Å²) in [6.45, 7) is 2.62. The summed E-state index contributed by atoms with van der Waals surface area (Å²) >= 11 is 0. The van der Waals surface area contributed by atoms with Crippen LogP contribution in [0.15, 0.2) is 29.2 Å². The number of ether oxygens (including phenoxy) is 1. The third-order valence-electron chi connectivity index (χ3n) is 3.04. The molecule has 0 spiro atoms. The van der Waals surface area contributed by atoms with Crippen LogP contribution in [-0.4, -0.2) is 52.9 Å². The van der Waals surface area contributed by atoms with E-state index in [2.05, 4.69) is 10.6 Å². The van der Waals surface area contributed by atoms with Crippen LogP contribution in [0.5, 0.6) is 0 Å². The Labute approximate surface area is 118 Å². The molecule has 0 bridgehead atoms. The van der Waals surface area contributed by atoms with Gasteiger partial charge in [0.05, 0.1) is 17.6 Å². The molecule has 1 aliphatic rings. The predicted octanol–water partition coefficient (Wildman–Crippen LogP) is -0.192. The zero-order valence-corrected chi connectivity index (χ0v) is 12.1. The zero-order valence-electron chi connectivity index (χ0n) is 11.3. The van der Waals surface area contributed by atoms with Crippen molar-refractivity contribution in [3.63, 3.8) is 0 Å². The van der Waals surface area contributed by atoms with Crippen molar-refractivity contribution in [2.75, 3.05) is 32.5 Å². The van der Waals surface area contributed by atoms with Crippen molar-refractivity contribution >= 4 is 15.7 Å². The van der Waals surface area contributed by atoms with E-state index >= 15 is 0 Å². The highest BCUT2D eigenvalue weighted by Gasteiger charge is 2.15. The molecule has 2 rings (SSSR count). The highest BCUT2D eigenvalue weighted by atomic mass is 32.2. The molecule has 0 saturated carbocycles. The Hall–Kier alpha value is -1.44. The number of nitrogens with one attached hydrogen (secondary N) is 2. The molecule has 2 N–H and O–H groups in total. The molecule has 0 radical (unpaired) electrons. The van der Waals surface area contributed by atoms with E-state index in [-0.39, 0.29) is 16.9 Å². The zero-order chi connectivity index (χ0) is 14.6. The molecule has 1 heterocycles. The van der Waals surface area contributed by atoms with Gasteiger partial charge in [-0.05, 0) is 24.3 Å². The SMILES string of the molecule is CS(=O)(=O)c1ccc(C(=O)NCC2CNCCO2)cc1. The Bertz CT molecular complexity index is 563. The minimum atomic E-state index is -3.23. The monoisotopic (exact) mass is 298 g/mol. The lowest BCUT2D eigenvalue weighted by Crippen LogP contribution is -2.45. The maximum atomic E-state index is 11.9. The van der Waals surface area contributed by atoms with Crippen molar-refractivity contribution in [2.45, 2.75) is 11.0 Å². The fraction of sp³-hybridized carbons (Fsp3) is 0.462. The topological polar surface area (TPSA) is 84.5 Å². The van der Waals surface area contributed by atoms with Gasteiger partial charge in [-0.2, -0.15) is 0 Å². The summed E-state index contributed by atoms with van der Waals surface area (Å²) in [4.78, 5) is 12.1. The second-order valence-corrected chi connectivity index (χ2v) is 6.72. The summed E-state index contributed by atoms with van der Waals surface area (Å²) < 4.78 is 28.1. The van der Waals surface area contributed by atoms with Gasteiger partial charge in [0.25, 0.3) is 5.91 Å². The molecule has 7 heteroatoms. The summed E-state index contributed by atoms with van der Waals surface area (Å²) in [5.74, 6) is -0.237. The normalized spacial score (nSPS) is 19.6. The van der Waals surface area contributed by atoms with Gasteiger partial charge in [-0.25, -0.2) is 8.42 Å². The molecular formula is C13H18N2O4S. The van der Waals surface area contributed by atoms with Crippen LogP contribution in [0.3, 0.4) is 0 Å². The van der Waals surface area contributed by atoms with Gasteiger partial charge in [-0.1, -0.05) is 0 Å². The van der Waals surface area contributed by atoms with Crippen LogP contribution < -0.4 is 10.6 Å². The molecular weight excluding hydrogens is 280 g/mol. The molecule has 1 aromatic rings. The second kappa shape index (κ2) is 6.34. The van der Waals surface area contributed by atoms with Crippen molar-refractivity contribution in [1.82, 2.24) is 10.6 Å². The molecule has 0 aliphatic carbocycles. The quantitative estimate of drug-likeness (QED) is 0.805. The molecule has 1 amide bonds. The van der Waals surface area contributed by atoms with Gasteiger partial charge < -0.3 is 15.4 Å². The van der Waals surface area contributed by atoms with Crippen LogP contribution in [0.2, 0.25) is 0 Å². The molecule has 110 valence electrons. The van der Waals surface area contributed by atoms with Gasteiger partial charge in [0.1, 0.15) is 0 Å². The van der Waals surface area contributed by atoms with Crippen molar-refractivity contribution < 1.29 is 17.9 Å². The molecule has 1 aliphatic heterocycles. The Morgan fingerprint density at radius 1 is 1.40 bits per heavy atom. The fourth-order valence-electron chi connectivity index (χ4n) is 1.91. The average Bonchev–Trinajstić information content (AvgIpc) is 2.45. The number of sulfone groups is 1. The fourth-order valence-corrected chi connectivity index (χ4v) is 2.54. The smallest absolute Gasteiger partial charge is 0.251 e. The lowest BCUT2D eigenvalue weighted by atomic mass is 10.2. The van der Waals surface area contributed by atoms with Crippen LogP contribution in [0.4, 0.5) is 0 Å². The number of hydrogen-bond acceptors (Lipinski definition) is 5. The molecule has 1 atom stereocenters. The first-order valence-electron chi connectivity index (χ1n) is 6.37. The summed E-state index contributed by atoms with van der Waals surface area (Å²) in [5.41, 5.74) is 0.432. The third kappa shape index (κ3) is 4.03. The van der Waals surface area contributed by atoms with E-state index in [9.17, 15) is 13.2 Å². The van der Waals surface area contributed by atoms with Gasteiger partial charge in [-0.3, -0.25) is 4.79 Å². The Kier molecular flexibility index (Phi) is 4.74. The molecule has 1 fully saturated rings.